The Hall–Kier alpha value is -3.10. The summed E-state index contributed by atoms with van der Waals surface area (Å²) in [5, 5.41) is 5.12. The Morgan fingerprint density at radius 1 is 1.00 bits per heavy atom. The summed E-state index contributed by atoms with van der Waals surface area (Å²) in [5.41, 5.74) is 1.02. The van der Waals surface area contributed by atoms with Crippen molar-refractivity contribution in [3.8, 4) is 0 Å². The van der Waals surface area contributed by atoms with Crippen LogP contribution in [0.25, 0.3) is 0 Å². The predicted octanol–water partition coefficient (Wildman–Crippen LogP) is 3.17. The lowest BCUT2D eigenvalue weighted by atomic mass is 9.93. The van der Waals surface area contributed by atoms with Crippen molar-refractivity contribution in [2.45, 2.75) is 85.5 Å². The summed E-state index contributed by atoms with van der Waals surface area (Å²) < 4.78 is 9.89. The molecule has 9 nitrogen and oxygen atoms in total. The first-order valence-corrected chi connectivity index (χ1v) is 11.2. The molecule has 3 amide bonds. The molecule has 1 aromatic carbocycles. The summed E-state index contributed by atoms with van der Waals surface area (Å²) in [5.74, 6) is -1.63. The molecule has 0 saturated carbocycles. The highest BCUT2D eigenvalue weighted by molar-refractivity contribution is 5.93. The van der Waals surface area contributed by atoms with Crippen molar-refractivity contribution < 1.29 is 28.7 Å². The summed E-state index contributed by atoms with van der Waals surface area (Å²) in [6.45, 7) is 15.6. The van der Waals surface area contributed by atoms with Gasteiger partial charge in [0.2, 0.25) is 11.8 Å². The van der Waals surface area contributed by atoms with E-state index in [0.29, 0.717) is 5.56 Å². The number of nitrogens with zero attached hydrogens (tertiary/aromatic N) is 1. The van der Waals surface area contributed by atoms with Gasteiger partial charge in [-0.05, 0) is 79.0 Å². The second kappa shape index (κ2) is 11.4. The molecule has 1 rings (SSSR count). The molecule has 2 unspecified atom stereocenters. The van der Waals surface area contributed by atoms with Gasteiger partial charge in [0, 0.05) is 5.54 Å². The van der Waals surface area contributed by atoms with Gasteiger partial charge in [-0.3, -0.25) is 14.4 Å². The minimum Gasteiger partial charge on any atom is -0.468 e. The average Bonchev–Trinajstić information content (AvgIpc) is 2.69. The molecule has 34 heavy (non-hydrogen) atoms. The van der Waals surface area contributed by atoms with E-state index in [1.54, 1.807) is 47.6 Å². The van der Waals surface area contributed by atoms with E-state index < -0.39 is 47.1 Å². The van der Waals surface area contributed by atoms with E-state index in [1.807, 2.05) is 26.0 Å². The third-order valence-corrected chi connectivity index (χ3v) is 5.05. The number of esters is 1. The first-order chi connectivity index (χ1) is 15.5. The third-order valence-electron chi connectivity index (χ3n) is 5.05. The lowest BCUT2D eigenvalue weighted by Crippen LogP contribution is -2.58. The number of carbonyl (C=O) groups excluding carboxylic acids is 4. The maximum Gasteiger partial charge on any atom is 0.408 e. The summed E-state index contributed by atoms with van der Waals surface area (Å²) in [7, 11) is 1.23. The maximum atomic E-state index is 13.6. The lowest BCUT2D eigenvalue weighted by molar-refractivity contribution is -0.149. The Balaban J connectivity index is 3.43. The number of hydrogen-bond donors (Lipinski definition) is 2. The van der Waals surface area contributed by atoms with Gasteiger partial charge in [-0.1, -0.05) is 18.2 Å². The van der Waals surface area contributed by atoms with Crippen LogP contribution in [0.5, 0.6) is 0 Å². The summed E-state index contributed by atoms with van der Waals surface area (Å²) in [6, 6.07) is 3.47. The van der Waals surface area contributed by atoms with Crippen LogP contribution in [0.2, 0.25) is 0 Å². The quantitative estimate of drug-likeness (QED) is 0.583. The van der Waals surface area contributed by atoms with Gasteiger partial charge in [-0.15, -0.1) is 0 Å². The van der Waals surface area contributed by atoms with Crippen molar-refractivity contribution in [3.63, 3.8) is 0 Å². The largest absolute Gasteiger partial charge is 0.468 e. The number of hydrogen-bond acceptors (Lipinski definition) is 6. The van der Waals surface area contributed by atoms with Gasteiger partial charge < -0.3 is 25.0 Å². The minimum atomic E-state index is -1.06. The highest BCUT2D eigenvalue weighted by atomic mass is 16.6. The van der Waals surface area contributed by atoms with Crippen LogP contribution in [0, 0.1) is 13.8 Å². The van der Waals surface area contributed by atoms with Crippen molar-refractivity contribution in [1.29, 1.82) is 0 Å². The van der Waals surface area contributed by atoms with Crippen LogP contribution in [-0.4, -0.2) is 59.6 Å². The molecule has 9 heteroatoms. The molecule has 190 valence electrons. The van der Waals surface area contributed by atoms with Crippen molar-refractivity contribution in [2.75, 3.05) is 13.7 Å². The van der Waals surface area contributed by atoms with E-state index in [9.17, 15) is 19.2 Å². The fraction of sp³-hybridized carbons (Fsp3) is 0.600. The summed E-state index contributed by atoms with van der Waals surface area (Å²) in [4.78, 5) is 52.3. The van der Waals surface area contributed by atoms with E-state index in [4.69, 9.17) is 4.74 Å². The van der Waals surface area contributed by atoms with Crippen LogP contribution < -0.4 is 10.6 Å². The van der Waals surface area contributed by atoms with Crippen LogP contribution in [0.1, 0.15) is 71.2 Å². The fourth-order valence-electron chi connectivity index (χ4n) is 3.28. The van der Waals surface area contributed by atoms with Crippen molar-refractivity contribution >= 4 is 23.9 Å². The first kappa shape index (κ1) is 28.9. The lowest BCUT2D eigenvalue weighted by Gasteiger charge is -2.42. The molecule has 0 aliphatic carbocycles. The Labute approximate surface area is 202 Å². The van der Waals surface area contributed by atoms with Gasteiger partial charge in [0.1, 0.15) is 24.2 Å². The van der Waals surface area contributed by atoms with E-state index in [2.05, 4.69) is 15.4 Å². The fourth-order valence-corrected chi connectivity index (χ4v) is 3.28. The van der Waals surface area contributed by atoms with Crippen molar-refractivity contribution in [2.24, 2.45) is 0 Å². The molecular formula is C25H39N3O6. The zero-order valence-corrected chi connectivity index (χ0v) is 22.0. The standard InChI is InChI=1S/C25H39N3O6/c1-15-11-12-18(13-16(15)2)20(21(30)26-14-19(29)33-10)28(24(4,5)6)22(31)17(3)27-23(32)34-25(7,8)9/h11-13,17,20H,14H2,1-10H3,(H,26,30)(H,27,32). The molecule has 0 saturated heterocycles. The Morgan fingerprint density at radius 2 is 1.59 bits per heavy atom. The average molecular weight is 478 g/mol. The zero-order valence-electron chi connectivity index (χ0n) is 22.0. The zero-order chi connectivity index (χ0) is 26.4. The highest BCUT2D eigenvalue weighted by Crippen LogP contribution is 2.31. The minimum absolute atomic E-state index is 0.339. The first-order valence-electron chi connectivity index (χ1n) is 11.2. The molecule has 1 aromatic rings. The van der Waals surface area contributed by atoms with Crippen LogP contribution >= 0.6 is 0 Å². The number of benzene rings is 1. The van der Waals surface area contributed by atoms with E-state index >= 15 is 0 Å². The van der Waals surface area contributed by atoms with Gasteiger partial charge in [0.25, 0.3) is 0 Å². The number of alkyl carbamates (subject to hydrolysis) is 1. The van der Waals surface area contributed by atoms with Gasteiger partial charge in [0.15, 0.2) is 0 Å². The van der Waals surface area contributed by atoms with E-state index in [-0.39, 0.29) is 6.54 Å². The smallest absolute Gasteiger partial charge is 0.408 e. The number of ether oxygens (including phenoxy) is 2. The van der Waals surface area contributed by atoms with Gasteiger partial charge >= 0.3 is 12.1 Å². The molecule has 2 atom stereocenters. The van der Waals surface area contributed by atoms with Crippen molar-refractivity contribution in [1.82, 2.24) is 15.5 Å². The molecule has 0 aliphatic rings. The molecule has 0 bridgehead atoms. The summed E-state index contributed by atoms with van der Waals surface area (Å²) in [6.07, 6.45) is -0.736. The predicted molar refractivity (Wildman–Crippen MR) is 129 cm³/mol. The monoisotopic (exact) mass is 477 g/mol. The topological polar surface area (TPSA) is 114 Å². The second-order valence-electron chi connectivity index (χ2n) is 10.3. The van der Waals surface area contributed by atoms with Gasteiger partial charge in [-0.25, -0.2) is 4.79 Å². The van der Waals surface area contributed by atoms with Crippen LogP contribution in [-0.2, 0) is 23.9 Å². The molecule has 0 aliphatic heterocycles. The molecule has 0 spiro atoms. The van der Waals surface area contributed by atoms with E-state index in [0.717, 1.165) is 11.1 Å². The molecule has 2 N–H and O–H groups in total. The number of nitrogens with one attached hydrogen (secondary N) is 2. The Morgan fingerprint density at radius 3 is 2.06 bits per heavy atom. The molecular weight excluding hydrogens is 438 g/mol. The number of rotatable bonds is 7. The van der Waals surface area contributed by atoms with E-state index in [1.165, 1.54) is 18.9 Å². The Bertz CT molecular complexity index is 914. The molecule has 0 fully saturated rings. The van der Waals surface area contributed by atoms with Gasteiger partial charge in [-0.2, -0.15) is 0 Å². The number of carbonyl (C=O) groups is 4. The van der Waals surface area contributed by atoms with Gasteiger partial charge in [0.05, 0.1) is 7.11 Å². The van der Waals surface area contributed by atoms with Crippen LogP contribution in [0.4, 0.5) is 4.79 Å². The Kier molecular flexibility index (Phi) is 9.66. The molecule has 0 radical (unpaired) electrons. The number of aryl methyl sites for hydroxylation is 2. The number of methoxy groups -OCH3 is 1. The van der Waals surface area contributed by atoms with Crippen LogP contribution in [0.15, 0.2) is 18.2 Å². The third kappa shape index (κ3) is 8.35. The highest BCUT2D eigenvalue weighted by Gasteiger charge is 2.41. The molecule has 0 aromatic heterocycles. The SMILES string of the molecule is COC(=O)CNC(=O)C(c1ccc(C)c(C)c1)N(C(=O)C(C)NC(=O)OC(C)(C)C)C(C)(C)C. The molecule has 0 heterocycles. The normalized spacial score (nSPS) is 13.4. The van der Waals surface area contributed by atoms with Crippen LogP contribution in [0.3, 0.4) is 0 Å². The maximum absolute atomic E-state index is 13.6. The summed E-state index contributed by atoms with van der Waals surface area (Å²) >= 11 is 0. The van der Waals surface area contributed by atoms with Crippen molar-refractivity contribution in [3.05, 3.63) is 34.9 Å². The number of amides is 3. The second-order valence-corrected chi connectivity index (χ2v) is 10.3.